The van der Waals surface area contributed by atoms with E-state index in [4.69, 9.17) is 5.11 Å². The number of aliphatic hydroxyl groups excluding tert-OH is 1. The molecule has 3 nitrogen and oxygen atoms in total. The van der Waals surface area contributed by atoms with Crippen LogP contribution in [0.25, 0.3) is 0 Å². The fourth-order valence-corrected chi connectivity index (χ4v) is 1.06. The normalized spacial score (nSPS) is 18.9. The molecule has 0 aromatic carbocycles. The molecule has 0 aromatic rings. The van der Waals surface area contributed by atoms with Crippen LogP contribution in [0, 0.1) is 0 Å². The van der Waals surface area contributed by atoms with Crippen molar-refractivity contribution in [2.75, 3.05) is 0 Å². The van der Waals surface area contributed by atoms with Gasteiger partial charge < -0.3 is 15.0 Å². The van der Waals surface area contributed by atoms with Gasteiger partial charge in [-0.1, -0.05) is 13.3 Å². The Morgan fingerprint density at radius 3 is 2.45 bits per heavy atom. The standard InChI is InChI=1S/C8H16O3/c1-3-4-8(11,5-6-9)7(2)10/h6-7,10-11H,3-5H2,1-2H3. The SMILES string of the molecule is CCCC(O)(CC=O)C(C)O. The Balaban J connectivity index is 4.12. The number of aldehydes is 1. The van der Waals surface area contributed by atoms with Crippen LogP contribution < -0.4 is 0 Å². The number of rotatable bonds is 5. The number of carbonyl (C=O) groups excluding carboxylic acids is 1. The third-order valence-corrected chi connectivity index (χ3v) is 1.90. The highest BCUT2D eigenvalue weighted by molar-refractivity contribution is 5.51. The summed E-state index contributed by atoms with van der Waals surface area (Å²) in [6.07, 6.45) is 1.03. The van der Waals surface area contributed by atoms with E-state index >= 15 is 0 Å². The Bertz CT molecular complexity index is 123. The van der Waals surface area contributed by atoms with Gasteiger partial charge in [-0.2, -0.15) is 0 Å². The summed E-state index contributed by atoms with van der Waals surface area (Å²) in [4.78, 5) is 10.1. The third-order valence-electron chi connectivity index (χ3n) is 1.90. The molecule has 0 bridgehead atoms. The number of carbonyl (C=O) groups is 1. The summed E-state index contributed by atoms with van der Waals surface area (Å²) in [6.45, 7) is 3.40. The summed E-state index contributed by atoms with van der Waals surface area (Å²) in [6, 6.07) is 0. The van der Waals surface area contributed by atoms with E-state index in [-0.39, 0.29) is 6.42 Å². The van der Waals surface area contributed by atoms with E-state index in [9.17, 15) is 9.90 Å². The van der Waals surface area contributed by atoms with E-state index in [0.29, 0.717) is 12.7 Å². The van der Waals surface area contributed by atoms with Crippen molar-refractivity contribution in [3.8, 4) is 0 Å². The zero-order valence-electron chi connectivity index (χ0n) is 7.08. The smallest absolute Gasteiger partial charge is 0.122 e. The van der Waals surface area contributed by atoms with E-state index in [0.717, 1.165) is 6.42 Å². The summed E-state index contributed by atoms with van der Waals surface area (Å²) >= 11 is 0. The number of hydrogen-bond acceptors (Lipinski definition) is 3. The fourth-order valence-electron chi connectivity index (χ4n) is 1.06. The Labute approximate surface area is 67.0 Å². The first kappa shape index (κ1) is 10.6. The first-order valence-electron chi connectivity index (χ1n) is 3.91. The number of aliphatic hydroxyl groups is 2. The number of hydrogen-bond donors (Lipinski definition) is 2. The second-order valence-electron chi connectivity index (χ2n) is 2.90. The predicted molar refractivity (Wildman–Crippen MR) is 42.2 cm³/mol. The average Bonchev–Trinajstić information content (AvgIpc) is 1.88. The molecule has 3 heteroatoms. The Morgan fingerprint density at radius 1 is 1.64 bits per heavy atom. The van der Waals surface area contributed by atoms with E-state index in [2.05, 4.69) is 0 Å². The van der Waals surface area contributed by atoms with Crippen LogP contribution in [0.4, 0.5) is 0 Å². The highest BCUT2D eigenvalue weighted by atomic mass is 16.3. The van der Waals surface area contributed by atoms with Crippen LogP contribution >= 0.6 is 0 Å². The fraction of sp³-hybridized carbons (Fsp3) is 0.875. The monoisotopic (exact) mass is 160 g/mol. The Hall–Kier alpha value is -0.410. The van der Waals surface area contributed by atoms with Gasteiger partial charge in [-0.05, 0) is 13.3 Å². The maximum atomic E-state index is 10.1. The summed E-state index contributed by atoms with van der Waals surface area (Å²) in [5.74, 6) is 0. The van der Waals surface area contributed by atoms with Crippen molar-refractivity contribution >= 4 is 6.29 Å². The van der Waals surface area contributed by atoms with Crippen molar-refractivity contribution in [3.05, 3.63) is 0 Å². The molecule has 0 aliphatic heterocycles. The maximum Gasteiger partial charge on any atom is 0.122 e. The first-order chi connectivity index (χ1) is 5.06. The first-order valence-corrected chi connectivity index (χ1v) is 3.91. The van der Waals surface area contributed by atoms with Gasteiger partial charge in [-0.15, -0.1) is 0 Å². The molecular formula is C8H16O3. The van der Waals surface area contributed by atoms with Crippen molar-refractivity contribution in [1.82, 2.24) is 0 Å². The molecule has 0 saturated carbocycles. The van der Waals surface area contributed by atoms with Crippen LogP contribution in [0.1, 0.15) is 33.1 Å². The highest BCUT2D eigenvalue weighted by Crippen LogP contribution is 2.20. The molecule has 11 heavy (non-hydrogen) atoms. The third kappa shape index (κ3) is 2.99. The van der Waals surface area contributed by atoms with Gasteiger partial charge in [-0.25, -0.2) is 0 Å². The molecule has 2 N–H and O–H groups in total. The maximum absolute atomic E-state index is 10.1. The second kappa shape index (κ2) is 4.46. The summed E-state index contributed by atoms with van der Waals surface area (Å²) in [5.41, 5.74) is -1.21. The van der Waals surface area contributed by atoms with E-state index in [1.165, 1.54) is 6.92 Å². The topological polar surface area (TPSA) is 57.5 Å². The minimum Gasteiger partial charge on any atom is -0.390 e. The molecule has 0 amide bonds. The van der Waals surface area contributed by atoms with Gasteiger partial charge in [-0.3, -0.25) is 0 Å². The van der Waals surface area contributed by atoms with Crippen LogP contribution in [0.15, 0.2) is 0 Å². The summed E-state index contributed by atoms with van der Waals surface area (Å²) < 4.78 is 0. The molecule has 0 rings (SSSR count). The molecule has 0 aliphatic carbocycles. The minimum absolute atomic E-state index is 0.0124. The van der Waals surface area contributed by atoms with Crippen molar-refractivity contribution < 1.29 is 15.0 Å². The van der Waals surface area contributed by atoms with Crippen molar-refractivity contribution in [1.29, 1.82) is 0 Å². The van der Waals surface area contributed by atoms with Gasteiger partial charge in [0.1, 0.15) is 6.29 Å². The van der Waals surface area contributed by atoms with Gasteiger partial charge >= 0.3 is 0 Å². The van der Waals surface area contributed by atoms with Gasteiger partial charge in [0.2, 0.25) is 0 Å². The van der Waals surface area contributed by atoms with Crippen LogP contribution in [0.3, 0.4) is 0 Å². The summed E-state index contributed by atoms with van der Waals surface area (Å²) in [5, 5.41) is 18.7. The van der Waals surface area contributed by atoms with Crippen LogP contribution in [0.2, 0.25) is 0 Å². The van der Waals surface area contributed by atoms with E-state index in [1.54, 1.807) is 0 Å². The lowest BCUT2D eigenvalue weighted by atomic mass is 9.90. The largest absolute Gasteiger partial charge is 0.390 e. The minimum atomic E-state index is -1.21. The highest BCUT2D eigenvalue weighted by Gasteiger charge is 2.30. The van der Waals surface area contributed by atoms with E-state index in [1.807, 2.05) is 6.92 Å². The zero-order chi connectivity index (χ0) is 8.91. The summed E-state index contributed by atoms with van der Waals surface area (Å²) in [7, 11) is 0. The molecule has 0 aromatic heterocycles. The van der Waals surface area contributed by atoms with Gasteiger partial charge in [0.05, 0.1) is 11.7 Å². The molecule has 0 heterocycles. The van der Waals surface area contributed by atoms with Gasteiger partial charge in [0.15, 0.2) is 0 Å². The van der Waals surface area contributed by atoms with E-state index < -0.39 is 11.7 Å². The average molecular weight is 160 g/mol. The van der Waals surface area contributed by atoms with Gasteiger partial charge in [0.25, 0.3) is 0 Å². The van der Waals surface area contributed by atoms with Crippen molar-refractivity contribution in [2.45, 2.75) is 44.8 Å². The van der Waals surface area contributed by atoms with Crippen molar-refractivity contribution in [3.63, 3.8) is 0 Å². The molecular weight excluding hydrogens is 144 g/mol. The van der Waals surface area contributed by atoms with Crippen LogP contribution in [-0.2, 0) is 4.79 Å². The lowest BCUT2D eigenvalue weighted by Gasteiger charge is -2.28. The Morgan fingerprint density at radius 2 is 2.18 bits per heavy atom. The molecule has 0 fully saturated rings. The zero-order valence-corrected chi connectivity index (χ0v) is 7.08. The molecule has 0 spiro atoms. The second-order valence-corrected chi connectivity index (χ2v) is 2.90. The van der Waals surface area contributed by atoms with Crippen molar-refractivity contribution in [2.24, 2.45) is 0 Å². The molecule has 0 radical (unpaired) electrons. The molecule has 66 valence electrons. The van der Waals surface area contributed by atoms with Crippen LogP contribution in [-0.4, -0.2) is 28.2 Å². The quantitative estimate of drug-likeness (QED) is 0.575. The lowest BCUT2D eigenvalue weighted by molar-refractivity contribution is -0.120. The predicted octanol–water partition coefficient (Wildman–Crippen LogP) is 0.487. The Kier molecular flexibility index (Phi) is 4.30. The lowest BCUT2D eigenvalue weighted by Crippen LogP contribution is -2.40. The van der Waals surface area contributed by atoms with Crippen LogP contribution in [0.5, 0.6) is 0 Å². The molecule has 2 atom stereocenters. The molecule has 0 aliphatic rings. The molecule has 0 saturated heterocycles. The van der Waals surface area contributed by atoms with Gasteiger partial charge in [0, 0.05) is 6.42 Å². The molecule has 2 unspecified atom stereocenters.